The topological polar surface area (TPSA) is 80.3 Å². The third kappa shape index (κ3) is 4.40. The first-order chi connectivity index (χ1) is 8.65. The van der Waals surface area contributed by atoms with Gasteiger partial charge in [-0.25, -0.2) is 4.98 Å². The van der Waals surface area contributed by atoms with Crippen molar-refractivity contribution >= 4 is 11.8 Å². The van der Waals surface area contributed by atoms with Crippen LogP contribution in [0.1, 0.15) is 24.2 Å². The lowest BCUT2D eigenvalue weighted by Gasteiger charge is -2.09. The highest BCUT2D eigenvalue weighted by Gasteiger charge is 2.12. The Morgan fingerprint density at radius 2 is 2.06 bits per heavy atom. The summed E-state index contributed by atoms with van der Waals surface area (Å²) in [7, 11) is 0. The first kappa shape index (κ1) is 14.0. The molecule has 0 atom stereocenters. The average Bonchev–Trinajstić information content (AvgIpc) is 2.35. The number of hydrogen-bond donors (Lipinski definition) is 2. The van der Waals surface area contributed by atoms with Crippen LogP contribution in [-0.2, 0) is 4.79 Å². The molecular formula is C12H17N3O3. The molecule has 0 aromatic carbocycles. The molecule has 0 aliphatic heterocycles. The lowest BCUT2D eigenvalue weighted by atomic mass is 10.2. The molecule has 1 rings (SSSR count). The first-order valence-electron chi connectivity index (χ1n) is 5.75. The highest BCUT2D eigenvalue weighted by atomic mass is 16.5. The second-order valence-electron chi connectivity index (χ2n) is 3.53. The van der Waals surface area contributed by atoms with Gasteiger partial charge in [-0.05, 0) is 19.1 Å². The Labute approximate surface area is 106 Å². The summed E-state index contributed by atoms with van der Waals surface area (Å²) in [6.45, 7) is 4.45. The fourth-order valence-corrected chi connectivity index (χ4v) is 1.33. The zero-order valence-electron chi connectivity index (χ0n) is 10.5. The zero-order chi connectivity index (χ0) is 13.4. The van der Waals surface area contributed by atoms with Crippen LogP contribution in [0.5, 0.6) is 5.88 Å². The number of hydrogen-bond acceptors (Lipinski definition) is 4. The smallest absolute Gasteiger partial charge is 0.256 e. The largest absolute Gasteiger partial charge is 0.477 e. The molecule has 0 unspecified atom stereocenters. The molecule has 0 radical (unpaired) electrons. The Kier molecular flexibility index (Phi) is 5.63. The van der Waals surface area contributed by atoms with Crippen LogP contribution >= 0.6 is 0 Å². The number of nitrogens with one attached hydrogen (secondary N) is 2. The predicted molar refractivity (Wildman–Crippen MR) is 66.4 cm³/mol. The lowest BCUT2D eigenvalue weighted by Crippen LogP contribution is -2.33. The monoisotopic (exact) mass is 251 g/mol. The van der Waals surface area contributed by atoms with Crippen molar-refractivity contribution in [3.8, 4) is 5.88 Å². The van der Waals surface area contributed by atoms with Crippen molar-refractivity contribution in [2.24, 2.45) is 0 Å². The van der Waals surface area contributed by atoms with Gasteiger partial charge in [0.2, 0.25) is 11.8 Å². The Bertz CT molecular complexity index is 421. The fourth-order valence-electron chi connectivity index (χ4n) is 1.33. The van der Waals surface area contributed by atoms with E-state index in [2.05, 4.69) is 15.6 Å². The molecule has 2 N–H and O–H groups in total. The number of nitrogens with zero attached hydrogens (tertiary/aromatic N) is 1. The molecule has 0 aliphatic rings. The van der Waals surface area contributed by atoms with Gasteiger partial charge >= 0.3 is 0 Å². The molecule has 0 aliphatic carbocycles. The number of ether oxygens (including phenoxy) is 1. The van der Waals surface area contributed by atoms with E-state index >= 15 is 0 Å². The first-order valence-corrected chi connectivity index (χ1v) is 5.75. The van der Waals surface area contributed by atoms with Gasteiger partial charge in [-0.15, -0.1) is 0 Å². The van der Waals surface area contributed by atoms with Gasteiger partial charge in [0.1, 0.15) is 5.56 Å². The van der Waals surface area contributed by atoms with E-state index in [0.717, 1.165) is 0 Å². The van der Waals surface area contributed by atoms with E-state index in [1.165, 1.54) is 6.92 Å². The maximum Gasteiger partial charge on any atom is 0.256 e. The number of pyridine rings is 1. The fraction of sp³-hybridized carbons (Fsp3) is 0.417. The Balaban J connectivity index is 2.53. The number of amides is 2. The molecule has 0 spiro atoms. The second-order valence-corrected chi connectivity index (χ2v) is 3.53. The van der Waals surface area contributed by atoms with Crippen LogP contribution in [0.4, 0.5) is 0 Å². The molecule has 18 heavy (non-hydrogen) atoms. The van der Waals surface area contributed by atoms with Gasteiger partial charge in [0.15, 0.2) is 0 Å². The van der Waals surface area contributed by atoms with Crippen LogP contribution in [0.15, 0.2) is 18.3 Å². The van der Waals surface area contributed by atoms with Crippen molar-refractivity contribution in [2.45, 2.75) is 13.8 Å². The molecule has 0 saturated heterocycles. The van der Waals surface area contributed by atoms with Gasteiger partial charge in [-0.3, -0.25) is 9.59 Å². The molecule has 98 valence electrons. The summed E-state index contributed by atoms with van der Waals surface area (Å²) >= 11 is 0. The van der Waals surface area contributed by atoms with E-state index in [1.807, 2.05) is 6.92 Å². The molecular weight excluding hydrogens is 234 g/mol. The molecule has 0 saturated carbocycles. The van der Waals surface area contributed by atoms with E-state index < -0.39 is 0 Å². The van der Waals surface area contributed by atoms with Crippen molar-refractivity contribution in [1.29, 1.82) is 0 Å². The maximum absolute atomic E-state index is 11.8. The molecule has 1 aromatic heterocycles. The van der Waals surface area contributed by atoms with Crippen LogP contribution in [0.2, 0.25) is 0 Å². The molecule has 6 heteroatoms. The van der Waals surface area contributed by atoms with E-state index in [4.69, 9.17) is 4.74 Å². The van der Waals surface area contributed by atoms with Crippen molar-refractivity contribution in [3.63, 3.8) is 0 Å². The van der Waals surface area contributed by atoms with E-state index in [0.29, 0.717) is 31.1 Å². The van der Waals surface area contributed by atoms with Gasteiger partial charge in [-0.2, -0.15) is 0 Å². The molecule has 0 fully saturated rings. The van der Waals surface area contributed by atoms with Crippen molar-refractivity contribution in [2.75, 3.05) is 19.7 Å². The van der Waals surface area contributed by atoms with Gasteiger partial charge in [0.05, 0.1) is 6.61 Å². The molecule has 6 nitrogen and oxygen atoms in total. The van der Waals surface area contributed by atoms with Crippen molar-refractivity contribution in [1.82, 2.24) is 15.6 Å². The second kappa shape index (κ2) is 7.26. The normalized spacial score (nSPS) is 9.67. The highest BCUT2D eigenvalue weighted by Crippen LogP contribution is 2.13. The standard InChI is InChI=1S/C12H17N3O3/c1-3-18-12-10(5-4-6-15-12)11(17)14-8-7-13-9(2)16/h4-6H,3,7-8H2,1-2H3,(H,13,16)(H,14,17). The maximum atomic E-state index is 11.8. The number of carbonyl (C=O) groups is 2. The van der Waals surface area contributed by atoms with Crippen molar-refractivity contribution < 1.29 is 14.3 Å². The predicted octanol–water partition coefficient (Wildman–Crippen LogP) is 0.346. The third-order valence-electron chi connectivity index (χ3n) is 2.08. The number of carbonyl (C=O) groups excluding carboxylic acids is 2. The molecule has 2 amide bonds. The summed E-state index contributed by atoms with van der Waals surface area (Å²) in [6, 6.07) is 3.32. The van der Waals surface area contributed by atoms with Gasteiger partial charge in [0, 0.05) is 26.2 Å². The molecule has 0 bridgehead atoms. The summed E-state index contributed by atoms with van der Waals surface area (Å²) in [5.41, 5.74) is 0.391. The zero-order valence-corrected chi connectivity index (χ0v) is 10.5. The van der Waals surface area contributed by atoms with Crippen LogP contribution in [-0.4, -0.2) is 36.5 Å². The quantitative estimate of drug-likeness (QED) is 0.715. The number of aromatic nitrogens is 1. The van der Waals surface area contributed by atoms with Gasteiger partial charge < -0.3 is 15.4 Å². The third-order valence-corrected chi connectivity index (χ3v) is 2.08. The summed E-state index contributed by atoms with van der Waals surface area (Å²) in [5, 5.41) is 5.27. The minimum Gasteiger partial charge on any atom is -0.477 e. The lowest BCUT2D eigenvalue weighted by molar-refractivity contribution is -0.118. The summed E-state index contributed by atoms with van der Waals surface area (Å²) in [4.78, 5) is 26.5. The molecule has 1 aromatic rings. The summed E-state index contributed by atoms with van der Waals surface area (Å²) < 4.78 is 5.26. The SMILES string of the molecule is CCOc1ncccc1C(=O)NCCNC(C)=O. The average molecular weight is 251 g/mol. The van der Waals surface area contributed by atoms with Crippen LogP contribution in [0.25, 0.3) is 0 Å². The van der Waals surface area contributed by atoms with E-state index in [1.54, 1.807) is 18.3 Å². The van der Waals surface area contributed by atoms with Crippen molar-refractivity contribution in [3.05, 3.63) is 23.9 Å². The van der Waals surface area contributed by atoms with Crippen LogP contribution in [0, 0.1) is 0 Å². The Morgan fingerprint density at radius 3 is 2.72 bits per heavy atom. The van der Waals surface area contributed by atoms with Crippen LogP contribution in [0.3, 0.4) is 0 Å². The van der Waals surface area contributed by atoms with E-state index in [9.17, 15) is 9.59 Å². The minimum absolute atomic E-state index is 0.124. The highest BCUT2D eigenvalue weighted by molar-refractivity contribution is 5.96. The minimum atomic E-state index is -0.267. The van der Waals surface area contributed by atoms with E-state index in [-0.39, 0.29) is 11.8 Å². The Morgan fingerprint density at radius 1 is 1.33 bits per heavy atom. The summed E-state index contributed by atoms with van der Waals surface area (Å²) in [6.07, 6.45) is 1.57. The molecule has 1 heterocycles. The van der Waals surface area contributed by atoms with Crippen LogP contribution < -0.4 is 15.4 Å². The Hall–Kier alpha value is -2.11. The number of rotatable bonds is 6. The van der Waals surface area contributed by atoms with Gasteiger partial charge in [-0.1, -0.05) is 0 Å². The van der Waals surface area contributed by atoms with Gasteiger partial charge in [0.25, 0.3) is 5.91 Å². The summed E-state index contributed by atoms with van der Waals surface area (Å²) in [5.74, 6) is -0.0745.